The van der Waals surface area contributed by atoms with E-state index in [0.717, 1.165) is 6.07 Å². The molecule has 1 unspecified atom stereocenters. The van der Waals surface area contributed by atoms with Gasteiger partial charge in [-0.15, -0.1) is 24.0 Å². The van der Waals surface area contributed by atoms with E-state index in [0.29, 0.717) is 31.1 Å². The molecule has 0 aromatic heterocycles. The van der Waals surface area contributed by atoms with Crippen molar-refractivity contribution in [2.45, 2.75) is 19.4 Å². The van der Waals surface area contributed by atoms with Crippen molar-refractivity contribution in [3.8, 4) is 0 Å². The van der Waals surface area contributed by atoms with Crippen LogP contribution in [0.25, 0.3) is 0 Å². The second-order valence-electron chi connectivity index (χ2n) is 4.30. The molecular formula is C13H20F2IN3O. The van der Waals surface area contributed by atoms with Crippen molar-refractivity contribution in [1.82, 2.24) is 5.32 Å². The average Bonchev–Trinajstić information content (AvgIpc) is 2.27. The lowest BCUT2D eigenvalue weighted by atomic mass is 10.1. The van der Waals surface area contributed by atoms with Crippen LogP contribution in [-0.4, -0.2) is 32.3 Å². The Kier molecular flexibility index (Phi) is 9.39. The van der Waals surface area contributed by atoms with Gasteiger partial charge in [0.1, 0.15) is 11.6 Å². The van der Waals surface area contributed by atoms with Crippen LogP contribution in [0.1, 0.15) is 12.5 Å². The highest BCUT2D eigenvalue weighted by Gasteiger charge is 2.02. The molecular weight excluding hydrogens is 379 g/mol. The van der Waals surface area contributed by atoms with E-state index >= 15 is 0 Å². The number of nitrogens with one attached hydrogen (secondary N) is 1. The third-order valence-corrected chi connectivity index (χ3v) is 2.42. The molecule has 114 valence electrons. The average molecular weight is 399 g/mol. The first-order chi connectivity index (χ1) is 9.01. The maximum Gasteiger partial charge on any atom is 0.188 e. The molecule has 1 rings (SSSR count). The van der Waals surface area contributed by atoms with Gasteiger partial charge in [0, 0.05) is 25.8 Å². The number of halogens is 3. The van der Waals surface area contributed by atoms with Gasteiger partial charge in [0.25, 0.3) is 0 Å². The highest BCUT2D eigenvalue weighted by atomic mass is 127. The van der Waals surface area contributed by atoms with E-state index in [2.05, 4.69) is 10.3 Å². The normalized spacial score (nSPS) is 12.7. The van der Waals surface area contributed by atoms with Crippen LogP contribution < -0.4 is 11.1 Å². The Labute approximate surface area is 134 Å². The number of ether oxygens (including phenoxy) is 1. The van der Waals surface area contributed by atoms with E-state index in [1.54, 1.807) is 7.11 Å². The number of benzene rings is 1. The van der Waals surface area contributed by atoms with E-state index in [-0.39, 0.29) is 30.0 Å². The first-order valence-electron chi connectivity index (χ1n) is 6.01. The fourth-order valence-electron chi connectivity index (χ4n) is 1.65. The van der Waals surface area contributed by atoms with Gasteiger partial charge in [-0.2, -0.15) is 0 Å². The molecule has 0 amide bonds. The number of rotatable bonds is 6. The molecule has 20 heavy (non-hydrogen) atoms. The number of hydrogen-bond donors (Lipinski definition) is 2. The van der Waals surface area contributed by atoms with Gasteiger partial charge in [-0.25, -0.2) is 8.78 Å². The minimum atomic E-state index is -0.584. The van der Waals surface area contributed by atoms with Gasteiger partial charge in [-0.3, -0.25) is 4.99 Å². The number of nitrogens with two attached hydrogens (primary N) is 1. The van der Waals surface area contributed by atoms with Gasteiger partial charge < -0.3 is 15.8 Å². The fourth-order valence-corrected chi connectivity index (χ4v) is 1.65. The fraction of sp³-hybridized carbons (Fsp3) is 0.462. The number of methoxy groups -OCH3 is 1. The van der Waals surface area contributed by atoms with E-state index in [1.165, 1.54) is 12.1 Å². The van der Waals surface area contributed by atoms with Crippen molar-refractivity contribution in [1.29, 1.82) is 0 Å². The van der Waals surface area contributed by atoms with Gasteiger partial charge in [-0.05, 0) is 31.0 Å². The Morgan fingerprint density at radius 2 is 1.95 bits per heavy atom. The smallest absolute Gasteiger partial charge is 0.188 e. The van der Waals surface area contributed by atoms with Gasteiger partial charge >= 0.3 is 0 Å². The number of nitrogens with zero attached hydrogens (tertiary/aromatic N) is 1. The van der Waals surface area contributed by atoms with Crippen LogP contribution in [-0.2, 0) is 11.2 Å². The predicted molar refractivity (Wildman–Crippen MR) is 86.4 cm³/mol. The van der Waals surface area contributed by atoms with Gasteiger partial charge in [0.2, 0.25) is 0 Å². The minimum absolute atomic E-state index is 0. The first-order valence-corrected chi connectivity index (χ1v) is 6.01. The van der Waals surface area contributed by atoms with Crippen molar-refractivity contribution in [3.05, 3.63) is 35.4 Å². The Balaban J connectivity index is 0.00000361. The van der Waals surface area contributed by atoms with Gasteiger partial charge in [0.05, 0.1) is 6.61 Å². The van der Waals surface area contributed by atoms with Crippen molar-refractivity contribution in [2.24, 2.45) is 10.7 Å². The second-order valence-corrected chi connectivity index (χ2v) is 4.30. The topological polar surface area (TPSA) is 59.6 Å². The van der Waals surface area contributed by atoms with Crippen molar-refractivity contribution >= 4 is 29.9 Å². The van der Waals surface area contributed by atoms with Crippen LogP contribution in [0.5, 0.6) is 0 Å². The molecule has 1 aromatic rings. The highest BCUT2D eigenvalue weighted by molar-refractivity contribution is 14.0. The SMILES string of the molecule is COCC(C)NC(N)=NCCc1cc(F)cc(F)c1.I. The maximum atomic E-state index is 12.9. The second kappa shape index (κ2) is 9.87. The summed E-state index contributed by atoms with van der Waals surface area (Å²) in [5.41, 5.74) is 6.22. The summed E-state index contributed by atoms with van der Waals surface area (Å²) in [6, 6.07) is 3.47. The molecule has 0 spiro atoms. The first kappa shape index (κ1) is 19.0. The third kappa shape index (κ3) is 7.59. The molecule has 0 fully saturated rings. The summed E-state index contributed by atoms with van der Waals surface area (Å²) in [7, 11) is 1.60. The zero-order valence-electron chi connectivity index (χ0n) is 11.5. The lowest BCUT2D eigenvalue weighted by molar-refractivity contribution is 0.179. The molecule has 1 atom stereocenters. The summed E-state index contributed by atoms with van der Waals surface area (Å²) < 4.78 is 30.8. The Bertz CT molecular complexity index is 423. The lowest BCUT2D eigenvalue weighted by Crippen LogP contribution is -2.40. The Morgan fingerprint density at radius 3 is 2.50 bits per heavy atom. The van der Waals surface area contributed by atoms with E-state index in [1.807, 2.05) is 6.92 Å². The zero-order chi connectivity index (χ0) is 14.3. The summed E-state index contributed by atoms with van der Waals surface area (Å²) in [6.07, 6.45) is 0.426. The van der Waals surface area contributed by atoms with E-state index < -0.39 is 11.6 Å². The molecule has 0 aliphatic heterocycles. The number of guanidine groups is 1. The standard InChI is InChI=1S/C13H19F2N3O.HI/c1-9(8-19-2)18-13(16)17-4-3-10-5-11(14)7-12(15)6-10;/h5-7,9H,3-4,8H2,1-2H3,(H3,16,17,18);1H. The number of hydrogen-bond acceptors (Lipinski definition) is 2. The molecule has 0 saturated carbocycles. The van der Waals surface area contributed by atoms with Crippen molar-refractivity contribution in [2.75, 3.05) is 20.3 Å². The zero-order valence-corrected chi connectivity index (χ0v) is 13.9. The molecule has 7 heteroatoms. The summed E-state index contributed by atoms with van der Waals surface area (Å²) in [5, 5.41) is 2.94. The van der Waals surface area contributed by atoms with Crippen molar-refractivity contribution < 1.29 is 13.5 Å². The highest BCUT2D eigenvalue weighted by Crippen LogP contribution is 2.08. The Hall–Kier alpha value is -0.960. The van der Waals surface area contributed by atoms with Gasteiger partial charge in [0.15, 0.2) is 5.96 Å². The quantitative estimate of drug-likeness (QED) is 0.438. The summed E-state index contributed by atoms with van der Waals surface area (Å²) in [6.45, 7) is 2.79. The summed E-state index contributed by atoms with van der Waals surface area (Å²) in [4.78, 5) is 4.08. The number of aliphatic imine (C=N–C) groups is 1. The van der Waals surface area contributed by atoms with E-state index in [4.69, 9.17) is 10.5 Å². The molecule has 0 radical (unpaired) electrons. The largest absolute Gasteiger partial charge is 0.383 e. The molecule has 3 N–H and O–H groups in total. The summed E-state index contributed by atoms with van der Waals surface area (Å²) in [5.74, 6) is -0.876. The van der Waals surface area contributed by atoms with Crippen molar-refractivity contribution in [3.63, 3.8) is 0 Å². The van der Waals surface area contributed by atoms with Gasteiger partial charge in [-0.1, -0.05) is 0 Å². The molecule has 0 saturated heterocycles. The van der Waals surface area contributed by atoms with Crippen LogP contribution >= 0.6 is 24.0 Å². The molecule has 0 bridgehead atoms. The third-order valence-electron chi connectivity index (χ3n) is 2.42. The molecule has 0 heterocycles. The van der Waals surface area contributed by atoms with E-state index in [9.17, 15) is 8.78 Å². The molecule has 1 aromatic carbocycles. The van der Waals surface area contributed by atoms with Crippen LogP contribution in [0.3, 0.4) is 0 Å². The lowest BCUT2D eigenvalue weighted by Gasteiger charge is -2.12. The predicted octanol–water partition coefficient (Wildman–Crippen LogP) is 2.06. The molecule has 0 aliphatic rings. The Morgan fingerprint density at radius 1 is 1.35 bits per heavy atom. The van der Waals surface area contributed by atoms with Crippen LogP contribution in [0.4, 0.5) is 8.78 Å². The monoisotopic (exact) mass is 399 g/mol. The van der Waals surface area contributed by atoms with Crippen LogP contribution in [0.2, 0.25) is 0 Å². The maximum absolute atomic E-state index is 12.9. The van der Waals surface area contributed by atoms with Crippen LogP contribution in [0, 0.1) is 11.6 Å². The van der Waals surface area contributed by atoms with Crippen LogP contribution in [0.15, 0.2) is 23.2 Å². The summed E-state index contributed by atoms with van der Waals surface area (Å²) >= 11 is 0. The molecule has 0 aliphatic carbocycles. The molecule has 4 nitrogen and oxygen atoms in total. The minimum Gasteiger partial charge on any atom is -0.383 e.